The number of rotatable bonds is 3. The minimum Gasteiger partial charge on any atom is -0.329 e. The summed E-state index contributed by atoms with van der Waals surface area (Å²) in [5, 5.41) is 3.32. The lowest BCUT2D eigenvalue weighted by atomic mass is 10.1. The number of hydrogen-bond acceptors (Lipinski definition) is 3. The van der Waals surface area contributed by atoms with Gasteiger partial charge in [0.05, 0.1) is 0 Å². The van der Waals surface area contributed by atoms with Crippen LogP contribution in [0.3, 0.4) is 0 Å². The van der Waals surface area contributed by atoms with Crippen molar-refractivity contribution in [3.63, 3.8) is 0 Å². The second-order valence-electron chi connectivity index (χ2n) is 4.68. The summed E-state index contributed by atoms with van der Waals surface area (Å²) in [5.41, 5.74) is 1.53. The van der Waals surface area contributed by atoms with E-state index in [9.17, 15) is 13.2 Å². The molecule has 99 valence electrons. The molecule has 3 nitrogen and oxygen atoms in total. The summed E-state index contributed by atoms with van der Waals surface area (Å²) in [6.45, 7) is 0. The summed E-state index contributed by atoms with van der Waals surface area (Å²) in [5.74, 6) is -0.676. The molecule has 6 heteroatoms. The first-order valence-electron chi connectivity index (χ1n) is 5.94. The van der Waals surface area contributed by atoms with E-state index in [0.717, 1.165) is 17.9 Å². The molecule has 0 spiro atoms. The fourth-order valence-corrected chi connectivity index (χ4v) is 1.83. The van der Waals surface area contributed by atoms with Crippen molar-refractivity contribution in [2.45, 2.75) is 25.4 Å². The highest BCUT2D eigenvalue weighted by Gasteiger charge is 2.38. The molecule has 3 rings (SSSR count). The Hall–Kier alpha value is -1.85. The molecule has 0 unspecified atom stereocenters. The van der Waals surface area contributed by atoms with Crippen LogP contribution in [0.1, 0.15) is 24.3 Å². The highest BCUT2D eigenvalue weighted by molar-refractivity contribution is 5.53. The van der Waals surface area contributed by atoms with Crippen molar-refractivity contribution in [2.24, 2.45) is 5.92 Å². The normalized spacial score (nSPS) is 15.7. The molecule has 1 heterocycles. The quantitative estimate of drug-likeness (QED) is 0.854. The van der Waals surface area contributed by atoms with Crippen LogP contribution < -0.4 is 0 Å². The molecular weight excluding hydrogens is 257 g/mol. The lowest BCUT2D eigenvalue weighted by molar-refractivity contribution is -0.159. The molecule has 1 radical (unpaired) electrons. The fraction of sp³-hybridized carbons (Fsp3) is 0.385. The van der Waals surface area contributed by atoms with E-state index in [2.05, 4.69) is 20.7 Å². The third kappa shape index (κ3) is 2.77. The van der Waals surface area contributed by atoms with Gasteiger partial charge in [0.25, 0.3) is 0 Å². The van der Waals surface area contributed by atoms with Crippen molar-refractivity contribution in [1.82, 2.24) is 10.1 Å². The number of halogens is 3. The Balaban J connectivity index is 1.79. The predicted octanol–water partition coefficient (Wildman–Crippen LogP) is 3.51. The molecular formula is C13H10F3N2O. The maximum atomic E-state index is 12.3. The van der Waals surface area contributed by atoms with E-state index in [4.69, 9.17) is 0 Å². The fourth-order valence-electron chi connectivity index (χ4n) is 1.83. The minimum atomic E-state index is -4.61. The molecule has 19 heavy (non-hydrogen) atoms. The molecule has 0 N–H and O–H groups in total. The van der Waals surface area contributed by atoms with Crippen molar-refractivity contribution in [3.8, 4) is 11.4 Å². The Morgan fingerprint density at radius 1 is 1.32 bits per heavy atom. The van der Waals surface area contributed by atoms with Gasteiger partial charge in [0.2, 0.25) is 5.82 Å². The topological polar surface area (TPSA) is 38.9 Å². The molecule has 1 saturated carbocycles. The molecule has 0 saturated heterocycles. The van der Waals surface area contributed by atoms with Crippen LogP contribution in [0.4, 0.5) is 13.2 Å². The first-order valence-corrected chi connectivity index (χ1v) is 5.94. The average molecular weight is 267 g/mol. The van der Waals surface area contributed by atoms with E-state index < -0.39 is 12.1 Å². The summed E-state index contributed by atoms with van der Waals surface area (Å²) in [6.07, 6.45) is -1.11. The molecule has 1 fully saturated rings. The van der Waals surface area contributed by atoms with E-state index in [1.807, 2.05) is 6.07 Å². The van der Waals surface area contributed by atoms with Gasteiger partial charge in [-0.1, -0.05) is 23.4 Å². The molecule has 1 aromatic carbocycles. The third-order valence-electron chi connectivity index (χ3n) is 3.01. The molecule has 0 aliphatic heterocycles. The van der Waals surface area contributed by atoms with Crippen molar-refractivity contribution < 1.29 is 17.7 Å². The summed E-state index contributed by atoms with van der Waals surface area (Å²) in [4.78, 5) is 3.32. The highest BCUT2D eigenvalue weighted by atomic mass is 19.4. The first-order chi connectivity index (χ1) is 9.02. The Labute approximate surface area is 107 Å². The van der Waals surface area contributed by atoms with Crippen molar-refractivity contribution in [3.05, 3.63) is 35.7 Å². The van der Waals surface area contributed by atoms with Gasteiger partial charge in [0.15, 0.2) is 0 Å². The third-order valence-corrected chi connectivity index (χ3v) is 3.01. The van der Waals surface area contributed by atoms with Crippen LogP contribution in [0.5, 0.6) is 0 Å². The zero-order valence-corrected chi connectivity index (χ0v) is 9.87. The van der Waals surface area contributed by atoms with E-state index >= 15 is 0 Å². The van der Waals surface area contributed by atoms with Crippen LogP contribution in [-0.2, 0) is 12.6 Å². The molecule has 0 amide bonds. The van der Waals surface area contributed by atoms with Gasteiger partial charge < -0.3 is 4.52 Å². The monoisotopic (exact) mass is 267 g/mol. The van der Waals surface area contributed by atoms with Crippen LogP contribution in [0.25, 0.3) is 11.4 Å². The van der Waals surface area contributed by atoms with E-state index in [1.54, 1.807) is 12.1 Å². The maximum absolute atomic E-state index is 12.3. The van der Waals surface area contributed by atoms with Crippen LogP contribution >= 0.6 is 0 Å². The van der Waals surface area contributed by atoms with Gasteiger partial charge >= 0.3 is 12.1 Å². The average Bonchev–Trinajstić information content (AvgIpc) is 3.02. The predicted molar refractivity (Wildman–Crippen MR) is 60.0 cm³/mol. The van der Waals surface area contributed by atoms with Crippen LogP contribution in [0, 0.1) is 12.0 Å². The summed E-state index contributed by atoms with van der Waals surface area (Å²) in [7, 11) is 0. The van der Waals surface area contributed by atoms with Gasteiger partial charge in [0.1, 0.15) is 0 Å². The zero-order chi connectivity index (χ0) is 13.5. The largest absolute Gasteiger partial charge is 0.471 e. The van der Waals surface area contributed by atoms with Crippen LogP contribution in [0.2, 0.25) is 0 Å². The number of benzene rings is 1. The SMILES string of the molecule is FC(F)(F)c1nc(-c2[c]cc(CC3CC3)cc2)no1. The second kappa shape index (κ2) is 4.36. The molecule has 0 bridgehead atoms. The second-order valence-corrected chi connectivity index (χ2v) is 4.68. The molecule has 1 aromatic heterocycles. The van der Waals surface area contributed by atoms with Gasteiger partial charge in [-0.25, -0.2) is 0 Å². The van der Waals surface area contributed by atoms with Crippen molar-refractivity contribution in [1.29, 1.82) is 0 Å². The van der Waals surface area contributed by atoms with Gasteiger partial charge in [-0.3, -0.25) is 0 Å². The van der Waals surface area contributed by atoms with Gasteiger partial charge in [-0.05, 0) is 36.8 Å². The Bertz CT molecular complexity index is 570. The number of nitrogens with zero attached hydrogens (tertiary/aromatic N) is 2. The summed E-state index contributed by atoms with van der Waals surface area (Å²) < 4.78 is 41.2. The van der Waals surface area contributed by atoms with Crippen LogP contribution in [-0.4, -0.2) is 10.1 Å². The van der Waals surface area contributed by atoms with E-state index in [0.29, 0.717) is 5.56 Å². The molecule has 1 aliphatic rings. The van der Waals surface area contributed by atoms with E-state index in [-0.39, 0.29) is 5.82 Å². The first kappa shape index (κ1) is 12.2. The lowest BCUT2D eigenvalue weighted by Gasteiger charge is -1.99. The minimum absolute atomic E-state index is 0.0923. The van der Waals surface area contributed by atoms with E-state index in [1.165, 1.54) is 12.8 Å². The van der Waals surface area contributed by atoms with Gasteiger partial charge in [0, 0.05) is 5.56 Å². The van der Waals surface area contributed by atoms with Crippen molar-refractivity contribution >= 4 is 0 Å². The number of hydrogen-bond donors (Lipinski definition) is 0. The zero-order valence-electron chi connectivity index (χ0n) is 9.87. The van der Waals surface area contributed by atoms with Gasteiger partial charge in [-0.2, -0.15) is 18.2 Å². The Morgan fingerprint density at radius 2 is 2.11 bits per heavy atom. The standard InChI is InChI=1S/C13H10F3N2O/c14-13(15,16)12-17-11(18-19-12)10-5-3-9(4-6-10)7-8-1-2-8/h3-5,8H,1-2,7H2. The van der Waals surface area contributed by atoms with Crippen LogP contribution in [0.15, 0.2) is 22.7 Å². The molecule has 0 atom stereocenters. The summed E-state index contributed by atoms with van der Waals surface area (Å²) >= 11 is 0. The van der Waals surface area contributed by atoms with Gasteiger partial charge in [-0.15, -0.1) is 0 Å². The lowest BCUT2D eigenvalue weighted by Crippen LogP contribution is -2.04. The highest BCUT2D eigenvalue weighted by Crippen LogP contribution is 2.33. The Morgan fingerprint density at radius 3 is 2.63 bits per heavy atom. The smallest absolute Gasteiger partial charge is 0.329 e. The number of alkyl halides is 3. The molecule has 2 aromatic rings. The van der Waals surface area contributed by atoms with Crippen molar-refractivity contribution in [2.75, 3.05) is 0 Å². The maximum Gasteiger partial charge on any atom is 0.471 e. The Kier molecular flexibility index (Phi) is 2.80. The number of aromatic nitrogens is 2. The summed E-state index contributed by atoms with van der Waals surface area (Å²) in [6, 6.07) is 8.21. The molecule has 1 aliphatic carbocycles.